The number of hydrogen-bond donors (Lipinski definition) is 1. The van der Waals surface area contributed by atoms with E-state index in [2.05, 4.69) is 35.5 Å². The van der Waals surface area contributed by atoms with Gasteiger partial charge in [-0.25, -0.2) is 0 Å². The number of rotatable bonds is 1. The lowest BCUT2D eigenvalue weighted by atomic mass is 9.86. The van der Waals surface area contributed by atoms with Crippen LogP contribution >= 0.6 is 0 Å². The molecular weight excluding hydrogens is 298 g/mol. The van der Waals surface area contributed by atoms with Crippen molar-refractivity contribution in [3.05, 3.63) is 59.2 Å². The number of benzene rings is 2. The number of likely N-dealkylation sites (N-methyl/N-ethyl adjacent to an activating group) is 1. The van der Waals surface area contributed by atoms with Crippen LogP contribution in [0.4, 0.5) is 0 Å². The molecule has 2 atom stereocenters. The highest BCUT2D eigenvalue weighted by Crippen LogP contribution is 2.37. The average molecular weight is 317 g/mol. The maximum atomic E-state index is 12.5. The normalized spacial score (nSPS) is 22.9. The Balaban J connectivity index is 1.79. The summed E-state index contributed by atoms with van der Waals surface area (Å²) in [6.45, 7) is 2.76. The van der Waals surface area contributed by atoms with Crippen LogP contribution in [-0.2, 0) is 0 Å². The van der Waals surface area contributed by atoms with Crippen molar-refractivity contribution in [1.29, 1.82) is 5.26 Å². The van der Waals surface area contributed by atoms with Crippen LogP contribution in [0.15, 0.2) is 42.5 Å². The molecule has 0 bridgehead atoms. The van der Waals surface area contributed by atoms with Gasteiger partial charge in [0, 0.05) is 31.1 Å². The first-order chi connectivity index (χ1) is 11.7. The summed E-state index contributed by atoms with van der Waals surface area (Å²) in [5, 5.41) is 12.2. The second-order valence-electron chi connectivity index (χ2n) is 6.79. The molecule has 1 N–H and O–H groups in total. The minimum Gasteiger partial charge on any atom is -0.352 e. The fraction of sp³-hybridized carbons (Fsp3) is 0.300. The Bertz CT molecular complexity index is 852. The van der Waals surface area contributed by atoms with Crippen molar-refractivity contribution in [2.45, 2.75) is 5.92 Å². The van der Waals surface area contributed by atoms with Crippen LogP contribution in [0.25, 0.3) is 11.1 Å². The number of carbonyl (C=O) groups is 1. The number of carbonyl (C=O) groups excluding carboxylic acids is 1. The summed E-state index contributed by atoms with van der Waals surface area (Å²) in [6, 6.07) is 15.8. The van der Waals surface area contributed by atoms with E-state index >= 15 is 0 Å². The van der Waals surface area contributed by atoms with E-state index in [0.717, 1.165) is 41.9 Å². The van der Waals surface area contributed by atoms with E-state index in [1.54, 1.807) is 6.07 Å². The van der Waals surface area contributed by atoms with E-state index < -0.39 is 0 Å². The van der Waals surface area contributed by atoms with Gasteiger partial charge in [0.2, 0.25) is 0 Å². The highest BCUT2D eigenvalue weighted by Gasteiger charge is 2.36. The molecule has 120 valence electrons. The van der Waals surface area contributed by atoms with Crippen molar-refractivity contribution in [3.63, 3.8) is 0 Å². The van der Waals surface area contributed by atoms with E-state index in [4.69, 9.17) is 5.26 Å². The molecular formula is C20H19N3O. The van der Waals surface area contributed by atoms with Gasteiger partial charge in [-0.05, 0) is 47.9 Å². The minimum absolute atomic E-state index is 0.0142. The summed E-state index contributed by atoms with van der Waals surface area (Å²) in [6.07, 6.45) is 0. The lowest BCUT2D eigenvalue weighted by molar-refractivity contribution is 0.0951. The van der Waals surface area contributed by atoms with Crippen molar-refractivity contribution in [2.24, 2.45) is 5.92 Å². The molecule has 1 saturated heterocycles. The zero-order valence-electron chi connectivity index (χ0n) is 13.6. The Morgan fingerprint density at radius 2 is 2.00 bits per heavy atom. The topological polar surface area (TPSA) is 56.1 Å². The van der Waals surface area contributed by atoms with Crippen LogP contribution in [0.3, 0.4) is 0 Å². The number of nitriles is 1. The number of nitrogens with one attached hydrogen (secondary N) is 1. The smallest absolute Gasteiger partial charge is 0.251 e. The molecule has 4 rings (SSSR count). The number of amides is 1. The van der Waals surface area contributed by atoms with Gasteiger partial charge in [0.15, 0.2) is 0 Å². The van der Waals surface area contributed by atoms with Crippen molar-refractivity contribution in [3.8, 4) is 17.2 Å². The highest BCUT2D eigenvalue weighted by molar-refractivity contribution is 5.97. The Labute approximate surface area is 141 Å². The van der Waals surface area contributed by atoms with Crippen molar-refractivity contribution < 1.29 is 4.79 Å². The third-order valence-corrected chi connectivity index (χ3v) is 5.17. The second-order valence-corrected chi connectivity index (χ2v) is 6.79. The molecule has 0 aliphatic carbocycles. The fourth-order valence-electron chi connectivity index (χ4n) is 3.99. The number of fused-ring (bicyclic) bond motifs is 3. The summed E-state index contributed by atoms with van der Waals surface area (Å²) in [5.74, 6) is 0.900. The van der Waals surface area contributed by atoms with Gasteiger partial charge in [0.1, 0.15) is 0 Å². The predicted octanol–water partition coefficient (Wildman–Crippen LogP) is 2.61. The van der Waals surface area contributed by atoms with Crippen LogP contribution in [0.2, 0.25) is 0 Å². The second kappa shape index (κ2) is 5.77. The van der Waals surface area contributed by atoms with Gasteiger partial charge in [-0.1, -0.05) is 24.3 Å². The van der Waals surface area contributed by atoms with Gasteiger partial charge in [-0.2, -0.15) is 5.26 Å². The SMILES string of the molecule is CN1C[C@H]2CNC(=O)c3cc(-c4cccc(C#N)c4)ccc3[C@@H]2C1. The molecule has 24 heavy (non-hydrogen) atoms. The standard InChI is InChI=1S/C20H19N3O/c1-23-11-16-10-22-20(24)18-8-15(5-6-17(18)19(16)12-23)14-4-2-3-13(7-14)9-21/h2-8,16,19H,10-12H2,1H3,(H,22,24)/t16-,19-/m1/s1. The van der Waals surface area contributed by atoms with Gasteiger partial charge in [0.25, 0.3) is 5.91 Å². The monoisotopic (exact) mass is 317 g/mol. The van der Waals surface area contributed by atoms with E-state index in [-0.39, 0.29) is 5.91 Å². The molecule has 0 spiro atoms. The van der Waals surface area contributed by atoms with Crippen molar-refractivity contribution in [1.82, 2.24) is 10.2 Å². The van der Waals surface area contributed by atoms with E-state index in [9.17, 15) is 4.79 Å². The van der Waals surface area contributed by atoms with Crippen LogP contribution in [-0.4, -0.2) is 37.5 Å². The van der Waals surface area contributed by atoms with Crippen molar-refractivity contribution in [2.75, 3.05) is 26.7 Å². The lowest BCUT2D eigenvalue weighted by Gasteiger charge is -2.17. The van der Waals surface area contributed by atoms with E-state index in [0.29, 0.717) is 17.4 Å². The minimum atomic E-state index is 0.0142. The number of likely N-dealkylation sites (tertiary alicyclic amines) is 1. The average Bonchev–Trinajstić information content (AvgIpc) is 2.94. The Morgan fingerprint density at radius 1 is 1.17 bits per heavy atom. The molecule has 2 aromatic carbocycles. The van der Waals surface area contributed by atoms with E-state index in [1.165, 1.54) is 0 Å². The molecule has 4 heteroatoms. The van der Waals surface area contributed by atoms with Gasteiger partial charge in [0.05, 0.1) is 11.6 Å². The van der Waals surface area contributed by atoms with Crippen LogP contribution < -0.4 is 5.32 Å². The molecule has 0 aromatic heterocycles. The molecule has 2 aromatic rings. The summed E-state index contributed by atoms with van der Waals surface area (Å²) < 4.78 is 0. The first-order valence-corrected chi connectivity index (χ1v) is 8.27. The van der Waals surface area contributed by atoms with Gasteiger partial charge in [-0.15, -0.1) is 0 Å². The molecule has 4 nitrogen and oxygen atoms in total. The van der Waals surface area contributed by atoms with Crippen molar-refractivity contribution >= 4 is 5.91 Å². The van der Waals surface area contributed by atoms with Gasteiger partial charge >= 0.3 is 0 Å². The molecule has 1 fully saturated rings. The van der Waals surface area contributed by atoms with Crippen LogP contribution in [0.1, 0.15) is 27.4 Å². The maximum absolute atomic E-state index is 12.5. The Hall–Kier alpha value is -2.64. The Morgan fingerprint density at radius 3 is 2.83 bits per heavy atom. The quantitative estimate of drug-likeness (QED) is 0.879. The molecule has 1 amide bonds. The maximum Gasteiger partial charge on any atom is 0.251 e. The molecule has 2 aliphatic heterocycles. The fourth-order valence-corrected chi connectivity index (χ4v) is 3.99. The molecule has 0 radical (unpaired) electrons. The van der Waals surface area contributed by atoms with E-state index in [1.807, 2.05) is 24.3 Å². The molecule has 2 aliphatic rings. The molecule has 0 unspecified atom stereocenters. The Kier molecular flexibility index (Phi) is 3.59. The first kappa shape index (κ1) is 14.9. The summed E-state index contributed by atoms with van der Waals surface area (Å²) in [4.78, 5) is 14.9. The molecule has 2 heterocycles. The zero-order chi connectivity index (χ0) is 16.7. The molecule has 0 saturated carbocycles. The summed E-state index contributed by atoms with van der Waals surface area (Å²) in [7, 11) is 2.14. The number of hydrogen-bond acceptors (Lipinski definition) is 3. The third-order valence-electron chi connectivity index (χ3n) is 5.17. The zero-order valence-corrected chi connectivity index (χ0v) is 13.6. The summed E-state index contributed by atoms with van der Waals surface area (Å²) in [5.41, 5.74) is 4.50. The summed E-state index contributed by atoms with van der Waals surface area (Å²) >= 11 is 0. The largest absolute Gasteiger partial charge is 0.352 e. The predicted molar refractivity (Wildman–Crippen MR) is 92.7 cm³/mol. The highest BCUT2D eigenvalue weighted by atomic mass is 16.1. The van der Waals surface area contributed by atoms with Crippen LogP contribution in [0.5, 0.6) is 0 Å². The van der Waals surface area contributed by atoms with Gasteiger partial charge in [-0.3, -0.25) is 4.79 Å². The number of nitrogens with zero attached hydrogens (tertiary/aromatic N) is 2. The van der Waals surface area contributed by atoms with Gasteiger partial charge < -0.3 is 10.2 Å². The third kappa shape index (κ3) is 2.47. The lowest BCUT2D eigenvalue weighted by Crippen LogP contribution is -2.29. The van der Waals surface area contributed by atoms with Crippen LogP contribution in [0, 0.1) is 17.2 Å². The first-order valence-electron chi connectivity index (χ1n) is 8.27.